The number of piperidine rings is 1. The lowest BCUT2D eigenvalue weighted by atomic mass is 9.87. The molecule has 3 unspecified atom stereocenters. The van der Waals surface area contributed by atoms with Crippen molar-refractivity contribution >= 4 is 11.6 Å². The second-order valence-corrected chi connectivity index (χ2v) is 11.7. The number of carbonyl (C=O) groups excluding carboxylic acids is 1. The normalized spacial score (nSPS) is 21.2. The summed E-state index contributed by atoms with van der Waals surface area (Å²) in [5.41, 5.74) is 0.837. The molecule has 7 heteroatoms. The zero-order valence-corrected chi connectivity index (χ0v) is 24.2. The van der Waals surface area contributed by atoms with E-state index in [1.54, 1.807) is 26.6 Å². The zero-order valence-electron chi connectivity index (χ0n) is 24.2. The molecule has 1 aliphatic carbocycles. The highest BCUT2D eigenvalue weighted by atomic mass is 16.5. The molecule has 1 saturated carbocycles. The Morgan fingerprint density at radius 2 is 1.81 bits per heavy atom. The van der Waals surface area contributed by atoms with Gasteiger partial charge in [0.05, 0.1) is 12.6 Å². The highest BCUT2D eigenvalue weighted by molar-refractivity contribution is 5.77. The average molecular weight is 509 g/mol. The number of unbranched alkanes of at least 4 members (excludes halogenated alkanes) is 1. The number of nitrogens with one attached hydrogen (secondary N) is 2. The predicted octanol–water partition coefficient (Wildman–Crippen LogP) is 5.82. The molecule has 1 aliphatic heterocycles. The SMILES string of the molecule is CCCC.COCC(C)(C)CC(=O)N1CCC2(CC1)CC2CNC(C)(OC)C(C)Nc1ccncc1.[HH].[HH]. The van der Waals surface area contributed by atoms with Crippen LogP contribution in [0.3, 0.4) is 0 Å². The predicted molar refractivity (Wildman–Crippen MR) is 152 cm³/mol. The number of methoxy groups -OCH3 is 2. The van der Waals surface area contributed by atoms with Gasteiger partial charge in [-0.15, -0.1) is 0 Å². The summed E-state index contributed by atoms with van der Waals surface area (Å²) in [6.07, 6.45) is 10.2. The van der Waals surface area contributed by atoms with Crippen LogP contribution >= 0.6 is 0 Å². The third-order valence-corrected chi connectivity index (χ3v) is 8.15. The Kier molecular flexibility index (Phi) is 11.6. The molecule has 1 aromatic rings. The number of pyridine rings is 1. The Morgan fingerprint density at radius 3 is 2.33 bits per heavy atom. The number of ether oxygens (including phenoxy) is 2. The minimum atomic E-state index is -0.476. The van der Waals surface area contributed by atoms with Crippen LogP contribution < -0.4 is 10.6 Å². The summed E-state index contributed by atoms with van der Waals surface area (Å²) in [5.74, 6) is 0.910. The summed E-state index contributed by atoms with van der Waals surface area (Å²) in [6, 6.07) is 4.02. The number of hydrogen-bond donors (Lipinski definition) is 2. The van der Waals surface area contributed by atoms with Crippen molar-refractivity contribution in [2.24, 2.45) is 16.7 Å². The average Bonchev–Trinajstić information content (AvgIpc) is 3.54. The monoisotopic (exact) mass is 508 g/mol. The maximum Gasteiger partial charge on any atom is 0.223 e. The van der Waals surface area contributed by atoms with Crippen molar-refractivity contribution < 1.29 is 17.1 Å². The van der Waals surface area contributed by atoms with Crippen LogP contribution in [0, 0.1) is 16.7 Å². The first-order valence-electron chi connectivity index (χ1n) is 13.8. The summed E-state index contributed by atoms with van der Waals surface area (Å²) < 4.78 is 11.2. The first-order chi connectivity index (χ1) is 17.0. The Labute approximate surface area is 223 Å². The van der Waals surface area contributed by atoms with Crippen molar-refractivity contribution in [1.29, 1.82) is 0 Å². The van der Waals surface area contributed by atoms with E-state index in [4.69, 9.17) is 9.47 Å². The first-order valence-corrected chi connectivity index (χ1v) is 13.8. The van der Waals surface area contributed by atoms with Gasteiger partial charge in [0.1, 0.15) is 5.72 Å². The molecule has 0 bridgehead atoms. The minimum absolute atomic E-state index is 0. The van der Waals surface area contributed by atoms with Gasteiger partial charge >= 0.3 is 0 Å². The van der Waals surface area contributed by atoms with Crippen molar-refractivity contribution in [2.75, 3.05) is 45.8 Å². The lowest BCUT2D eigenvalue weighted by Crippen LogP contribution is -2.56. The minimum Gasteiger partial charge on any atom is -0.384 e. The van der Waals surface area contributed by atoms with E-state index >= 15 is 0 Å². The molecule has 2 heterocycles. The molecule has 2 N–H and O–H groups in total. The lowest BCUT2D eigenvalue weighted by molar-refractivity contribution is -0.135. The van der Waals surface area contributed by atoms with E-state index in [1.165, 1.54) is 19.3 Å². The van der Waals surface area contributed by atoms with Gasteiger partial charge in [-0.05, 0) is 62.0 Å². The van der Waals surface area contributed by atoms with Gasteiger partial charge in [-0.3, -0.25) is 15.1 Å². The van der Waals surface area contributed by atoms with Crippen molar-refractivity contribution in [1.82, 2.24) is 15.2 Å². The van der Waals surface area contributed by atoms with Gasteiger partial charge in [0, 0.05) is 61.2 Å². The Bertz CT molecular complexity index is 789. The van der Waals surface area contributed by atoms with Crippen molar-refractivity contribution in [3.8, 4) is 0 Å². The van der Waals surface area contributed by atoms with E-state index in [9.17, 15) is 4.79 Å². The fraction of sp³-hybridized carbons (Fsp3) is 0.793. The third-order valence-electron chi connectivity index (χ3n) is 8.15. The summed E-state index contributed by atoms with van der Waals surface area (Å²) in [7, 11) is 3.46. The van der Waals surface area contributed by atoms with Crippen molar-refractivity contribution in [2.45, 2.75) is 91.8 Å². The molecular weight excluding hydrogens is 452 g/mol. The number of hydrogen-bond acceptors (Lipinski definition) is 6. The molecule has 2 fully saturated rings. The highest BCUT2D eigenvalue weighted by Gasteiger charge is 2.55. The van der Waals surface area contributed by atoms with E-state index in [0.717, 1.165) is 38.2 Å². The van der Waals surface area contributed by atoms with Gasteiger partial charge in [-0.1, -0.05) is 40.5 Å². The quantitative estimate of drug-likeness (QED) is 0.346. The molecule has 3 rings (SSSR count). The van der Waals surface area contributed by atoms with Gasteiger partial charge < -0.3 is 19.7 Å². The van der Waals surface area contributed by atoms with E-state index in [1.807, 2.05) is 12.1 Å². The van der Waals surface area contributed by atoms with Crippen LogP contribution in [0.4, 0.5) is 5.69 Å². The van der Waals surface area contributed by atoms with E-state index in [2.05, 4.69) is 62.1 Å². The molecular formula is C29H56N4O3. The number of likely N-dealkylation sites (tertiary alicyclic amines) is 1. The van der Waals surface area contributed by atoms with Crippen LogP contribution in [-0.4, -0.2) is 68.0 Å². The third kappa shape index (κ3) is 8.70. The molecule has 210 valence electrons. The number of rotatable bonds is 12. The number of carbonyl (C=O) groups is 1. The van der Waals surface area contributed by atoms with Crippen LogP contribution in [0.1, 0.15) is 82.9 Å². The van der Waals surface area contributed by atoms with Crippen molar-refractivity contribution in [3.63, 3.8) is 0 Å². The Morgan fingerprint density at radius 1 is 1.19 bits per heavy atom. The summed E-state index contributed by atoms with van der Waals surface area (Å²) >= 11 is 0. The summed E-state index contributed by atoms with van der Waals surface area (Å²) in [6.45, 7) is 16.1. The highest BCUT2D eigenvalue weighted by Crippen LogP contribution is 2.59. The molecule has 36 heavy (non-hydrogen) atoms. The number of nitrogens with zero attached hydrogens (tertiary/aromatic N) is 2. The maximum absolute atomic E-state index is 12.8. The summed E-state index contributed by atoms with van der Waals surface area (Å²) in [5, 5.41) is 7.20. The fourth-order valence-corrected chi connectivity index (χ4v) is 5.06. The molecule has 0 radical (unpaired) electrons. The first kappa shape index (κ1) is 30.5. The largest absolute Gasteiger partial charge is 0.384 e. The van der Waals surface area contributed by atoms with Crippen LogP contribution in [0.5, 0.6) is 0 Å². The smallest absolute Gasteiger partial charge is 0.223 e. The fourth-order valence-electron chi connectivity index (χ4n) is 5.06. The van der Waals surface area contributed by atoms with E-state index in [0.29, 0.717) is 24.4 Å². The zero-order chi connectivity index (χ0) is 26.8. The molecule has 2 aliphatic rings. The van der Waals surface area contributed by atoms with Crippen LogP contribution in [-0.2, 0) is 14.3 Å². The van der Waals surface area contributed by atoms with Crippen LogP contribution in [0.15, 0.2) is 24.5 Å². The molecule has 1 aromatic heterocycles. The van der Waals surface area contributed by atoms with E-state index < -0.39 is 5.72 Å². The van der Waals surface area contributed by atoms with Crippen LogP contribution in [0.2, 0.25) is 0 Å². The van der Waals surface area contributed by atoms with E-state index in [-0.39, 0.29) is 20.2 Å². The molecule has 1 saturated heterocycles. The van der Waals surface area contributed by atoms with Gasteiger partial charge in [-0.2, -0.15) is 0 Å². The van der Waals surface area contributed by atoms with Gasteiger partial charge in [-0.25, -0.2) is 0 Å². The number of amides is 1. The topological polar surface area (TPSA) is 75.7 Å². The van der Waals surface area contributed by atoms with Gasteiger partial charge in [0.15, 0.2) is 0 Å². The molecule has 3 atom stereocenters. The van der Waals surface area contributed by atoms with Crippen molar-refractivity contribution in [3.05, 3.63) is 24.5 Å². The number of anilines is 1. The number of aromatic nitrogens is 1. The maximum atomic E-state index is 12.8. The van der Waals surface area contributed by atoms with Gasteiger partial charge in [0.25, 0.3) is 0 Å². The molecule has 7 nitrogen and oxygen atoms in total. The summed E-state index contributed by atoms with van der Waals surface area (Å²) in [4.78, 5) is 18.9. The second kappa shape index (κ2) is 13.7. The van der Waals surface area contributed by atoms with Crippen LogP contribution in [0.25, 0.3) is 0 Å². The molecule has 0 aromatic carbocycles. The Balaban J connectivity index is 0.00000213. The standard InChI is InChI=1S/C25H42N4O3.C4H10.2H2/c1-19(28-21-7-11-26-12-8-21)24(4,32-6)27-17-20-15-25(20)9-13-29(14-10-25)22(30)16-23(2,3)18-31-5;1-3-4-2;;/h7-8,11-12,19-20,27H,9-10,13-18H2,1-6H3,(H,26,28);3-4H2,1-2H3;2*1H. The second-order valence-electron chi connectivity index (χ2n) is 11.7. The Hall–Kier alpha value is -1.70. The van der Waals surface area contributed by atoms with Gasteiger partial charge in [0.2, 0.25) is 5.91 Å². The lowest BCUT2D eigenvalue weighted by Gasteiger charge is -2.37. The molecule has 1 amide bonds. The molecule has 1 spiro atoms.